The fraction of sp³-hybridized carbons (Fsp3) is 0.125. The van der Waals surface area contributed by atoms with E-state index in [0.29, 0.717) is 17.8 Å². The lowest BCUT2D eigenvalue weighted by Gasteiger charge is -2.13. The van der Waals surface area contributed by atoms with Crippen LogP contribution >= 0.6 is 0 Å². The Morgan fingerprint density at radius 2 is 1.77 bits per heavy atom. The molecule has 0 atom stereocenters. The molecule has 4 aromatic rings. The molecular weight excluding hydrogens is 374 g/mol. The molecular formula is C24H23N5O. The van der Waals surface area contributed by atoms with Gasteiger partial charge in [0, 0.05) is 50.5 Å². The van der Waals surface area contributed by atoms with Gasteiger partial charge in [-0.25, -0.2) is 4.68 Å². The standard InChI is InChI=1S/C24H23N5O/c1-28(2)20-12-10-18(11-13-20)15-26-24(30)22-17-29(21-8-4-3-5-9-21)27-23(22)19-7-6-14-25-16-19/h3-14,16-17H,15H2,1-2H3,(H,26,30). The van der Waals surface area contributed by atoms with Crippen molar-refractivity contribution in [3.8, 4) is 16.9 Å². The van der Waals surface area contributed by atoms with Crippen molar-refractivity contribution in [2.45, 2.75) is 6.54 Å². The summed E-state index contributed by atoms with van der Waals surface area (Å²) in [5.74, 6) is -0.173. The molecule has 2 aromatic heterocycles. The minimum atomic E-state index is -0.173. The highest BCUT2D eigenvalue weighted by Crippen LogP contribution is 2.23. The van der Waals surface area contributed by atoms with Crippen molar-refractivity contribution in [2.24, 2.45) is 0 Å². The maximum absolute atomic E-state index is 13.0. The van der Waals surface area contributed by atoms with Crippen molar-refractivity contribution in [3.63, 3.8) is 0 Å². The van der Waals surface area contributed by atoms with E-state index in [-0.39, 0.29) is 5.91 Å². The Balaban J connectivity index is 1.60. The summed E-state index contributed by atoms with van der Waals surface area (Å²) in [6, 6.07) is 21.6. The number of carbonyl (C=O) groups is 1. The summed E-state index contributed by atoms with van der Waals surface area (Å²) in [5, 5.41) is 7.68. The summed E-state index contributed by atoms with van der Waals surface area (Å²) in [6.45, 7) is 0.440. The molecule has 2 heterocycles. The van der Waals surface area contributed by atoms with Crippen molar-refractivity contribution in [1.29, 1.82) is 0 Å². The van der Waals surface area contributed by atoms with Gasteiger partial charge >= 0.3 is 0 Å². The molecule has 6 heteroatoms. The van der Waals surface area contributed by atoms with Crippen LogP contribution < -0.4 is 10.2 Å². The van der Waals surface area contributed by atoms with Crippen LogP contribution in [0, 0.1) is 0 Å². The molecule has 4 rings (SSSR count). The smallest absolute Gasteiger partial charge is 0.255 e. The molecule has 2 aromatic carbocycles. The van der Waals surface area contributed by atoms with E-state index in [0.717, 1.165) is 22.5 Å². The number of nitrogens with one attached hydrogen (secondary N) is 1. The van der Waals surface area contributed by atoms with E-state index in [9.17, 15) is 4.79 Å². The summed E-state index contributed by atoms with van der Waals surface area (Å²) < 4.78 is 1.73. The van der Waals surface area contributed by atoms with Crippen LogP contribution in [0.15, 0.2) is 85.3 Å². The number of nitrogens with zero attached hydrogens (tertiary/aromatic N) is 4. The second-order valence-electron chi connectivity index (χ2n) is 7.16. The second-order valence-corrected chi connectivity index (χ2v) is 7.16. The van der Waals surface area contributed by atoms with Gasteiger partial charge in [-0.05, 0) is 42.0 Å². The third-order valence-corrected chi connectivity index (χ3v) is 4.82. The first-order chi connectivity index (χ1) is 14.6. The number of benzene rings is 2. The zero-order valence-corrected chi connectivity index (χ0v) is 17.0. The van der Waals surface area contributed by atoms with Crippen molar-refractivity contribution in [1.82, 2.24) is 20.1 Å². The van der Waals surface area contributed by atoms with Crippen LogP contribution in [0.5, 0.6) is 0 Å². The maximum atomic E-state index is 13.0. The summed E-state index contributed by atoms with van der Waals surface area (Å²) in [4.78, 5) is 19.3. The van der Waals surface area contributed by atoms with Crippen LogP contribution in [0.25, 0.3) is 16.9 Å². The van der Waals surface area contributed by atoms with Gasteiger partial charge in [0.15, 0.2) is 0 Å². The monoisotopic (exact) mass is 397 g/mol. The molecule has 0 aliphatic rings. The Hall–Kier alpha value is -3.93. The number of amides is 1. The molecule has 1 N–H and O–H groups in total. The van der Waals surface area contributed by atoms with Crippen molar-refractivity contribution >= 4 is 11.6 Å². The topological polar surface area (TPSA) is 63.1 Å². The summed E-state index contributed by atoms with van der Waals surface area (Å²) in [7, 11) is 4.00. The predicted octanol–water partition coefficient (Wildman–Crippen LogP) is 3.93. The number of para-hydroxylation sites is 1. The number of pyridine rings is 1. The first kappa shape index (κ1) is 19.4. The molecule has 1 amide bonds. The van der Waals surface area contributed by atoms with E-state index < -0.39 is 0 Å². The molecule has 150 valence electrons. The number of anilines is 1. The van der Waals surface area contributed by atoms with E-state index in [1.165, 1.54) is 0 Å². The average molecular weight is 397 g/mol. The average Bonchev–Trinajstić information content (AvgIpc) is 3.25. The van der Waals surface area contributed by atoms with Crippen LogP contribution in [-0.4, -0.2) is 34.8 Å². The number of hydrogen-bond donors (Lipinski definition) is 1. The molecule has 0 radical (unpaired) electrons. The van der Waals surface area contributed by atoms with Crippen LogP contribution in [0.1, 0.15) is 15.9 Å². The Bertz CT molecular complexity index is 1120. The zero-order valence-electron chi connectivity index (χ0n) is 17.0. The Morgan fingerprint density at radius 1 is 1.00 bits per heavy atom. The fourth-order valence-electron chi connectivity index (χ4n) is 3.16. The first-order valence-corrected chi connectivity index (χ1v) is 9.72. The van der Waals surface area contributed by atoms with Crippen molar-refractivity contribution in [3.05, 3.63) is 96.4 Å². The van der Waals surface area contributed by atoms with E-state index in [1.807, 2.05) is 85.7 Å². The number of carbonyl (C=O) groups excluding carboxylic acids is 1. The molecule has 6 nitrogen and oxygen atoms in total. The highest BCUT2D eigenvalue weighted by atomic mass is 16.1. The molecule has 0 unspecified atom stereocenters. The van der Waals surface area contributed by atoms with Gasteiger partial charge in [-0.15, -0.1) is 0 Å². The lowest BCUT2D eigenvalue weighted by Crippen LogP contribution is -2.23. The molecule has 0 saturated carbocycles. The Kier molecular flexibility index (Phi) is 5.57. The predicted molar refractivity (Wildman–Crippen MR) is 119 cm³/mol. The van der Waals surface area contributed by atoms with E-state index in [1.54, 1.807) is 23.3 Å². The van der Waals surface area contributed by atoms with E-state index >= 15 is 0 Å². The van der Waals surface area contributed by atoms with Gasteiger partial charge in [-0.2, -0.15) is 5.10 Å². The van der Waals surface area contributed by atoms with Crippen molar-refractivity contribution in [2.75, 3.05) is 19.0 Å². The molecule has 0 aliphatic carbocycles. The third-order valence-electron chi connectivity index (χ3n) is 4.82. The molecule has 0 fully saturated rings. The normalized spacial score (nSPS) is 10.6. The maximum Gasteiger partial charge on any atom is 0.255 e. The number of hydrogen-bond acceptors (Lipinski definition) is 4. The Morgan fingerprint density at radius 3 is 2.43 bits per heavy atom. The molecule has 0 aliphatic heterocycles. The quantitative estimate of drug-likeness (QED) is 0.535. The molecule has 30 heavy (non-hydrogen) atoms. The largest absolute Gasteiger partial charge is 0.378 e. The van der Waals surface area contributed by atoms with Crippen LogP contribution in [0.3, 0.4) is 0 Å². The van der Waals surface area contributed by atoms with Gasteiger partial charge in [0.05, 0.1) is 11.3 Å². The molecule has 0 spiro atoms. The van der Waals surface area contributed by atoms with Gasteiger partial charge in [0.2, 0.25) is 0 Å². The SMILES string of the molecule is CN(C)c1ccc(CNC(=O)c2cn(-c3ccccc3)nc2-c2cccnc2)cc1. The van der Waals surface area contributed by atoms with E-state index in [4.69, 9.17) is 0 Å². The first-order valence-electron chi connectivity index (χ1n) is 9.72. The lowest BCUT2D eigenvalue weighted by molar-refractivity contribution is 0.0951. The summed E-state index contributed by atoms with van der Waals surface area (Å²) >= 11 is 0. The van der Waals surface area contributed by atoms with Gasteiger partial charge < -0.3 is 10.2 Å². The molecule has 0 saturated heterocycles. The minimum absolute atomic E-state index is 0.173. The third kappa shape index (κ3) is 4.22. The lowest BCUT2D eigenvalue weighted by atomic mass is 10.1. The second kappa shape index (κ2) is 8.61. The zero-order chi connectivity index (χ0) is 20.9. The fourth-order valence-corrected chi connectivity index (χ4v) is 3.16. The van der Waals surface area contributed by atoms with Gasteiger partial charge in [0.25, 0.3) is 5.91 Å². The van der Waals surface area contributed by atoms with Gasteiger partial charge in [0.1, 0.15) is 5.69 Å². The molecule has 0 bridgehead atoms. The number of aromatic nitrogens is 3. The van der Waals surface area contributed by atoms with Gasteiger partial charge in [-0.3, -0.25) is 9.78 Å². The summed E-state index contributed by atoms with van der Waals surface area (Å²) in [5.41, 5.74) is 4.96. The highest BCUT2D eigenvalue weighted by Gasteiger charge is 2.18. The number of rotatable bonds is 6. The minimum Gasteiger partial charge on any atom is -0.378 e. The Labute approximate surface area is 175 Å². The highest BCUT2D eigenvalue weighted by molar-refractivity contribution is 5.99. The van der Waals surface area contributed by atoms with Crippen LogP contribution in [0.2, 0.25) is 0 Å². The van der Waals surface area contributed by atoms with Crippen LogP contribution in [0.4, 0.5) is 5.69 Å². The van der Waals surface area contributed by atoms with Crippen LogP contribution in [-0.2, 0) is 6.54 Å². The summed E-state index contributed by atoms with van der Waals surface area (Å²) in [6.07, 6.45) is 5.19. The van der Waals surface area contributed by atoms with Crippen molar-refractivity contribution < 1.29 is 4.79 Å². The van der Waals surface area contributed by atoms with E-state index in [2.05, 4.69) is 15.4 Å². The van der Waals surface area contributed by atoms with Gasteiger partial charge in [-0.1, -0.05) is 30.3 Å².